The van der Waals surface area contributed by atoms with Gasteiger partial charge in [0.2, 0.25) is 5.91 Å². The third-order valence-electron chi connectivity index (χ3n) is 5.17. The van der Waals surface area contributed by atoms with Gasteiger partial charge in [-0.1, -0.05) is 30.2 Å². The molecule has 1 heterocycles. The van der Waals surface area contributed by atoms with E-state index in [-0.39, 0.29) is 11.8 Å². The molecule has 2 fully saturated rings. The molecule has 0 spiro atoms. The minimum absolute atomic E-state index is 0.0977. The van der Waals surface area contributed by atoms with Crippen LogP contribution in [0.1, 0.15) is 25.7 Å². The van der Waals surface area contributed by atoms with Crippen molar-refractivity contribution in [2.24, 2.45) is 11.3 Å². The van der Waals surface area contributed by atoms with Crippen molar-refractivity contribution in [2.75, 3.05) is 25.0 Å². The molecule has 1 saturated carbocycles. The average molecular weight is 337 g/mol. The number of carbonyl (C=O) groups excluding carboxylic acids is 1. The minimum Gasteiger partial charge on any atom is -0.481 e. The molecular weight excluding hydrogens is 316 g/mol. The van der Waals surface area contributed by atoms with Crippen molar-refractivity contribution in [2.45, 2.75) is 25.7 Å². The van der Waals surface area contributed by atoms with Crippen LogP contribution in [0.4, 0.5) is 5.69 Å². The molecule has 0 unspecified atom stereocenters. The number of carboxylic acid groups (broad SMARTS) is 1. The van der Waals surface area contributed by atoms with E-state index in [0.29, 0.717) is 30.2 Å². The molecule has 1 aromatic carbocycles. The zero-order valence-electron chi connectivity index (χ0n) is 12.9. The summed E-state index contributed by atoms with van der Waals surface area (Å²) in [5.41, 5.74) is 0.0265. The van der Waals surface area contributed by atoms with Crippen LogP contribution in [0.15, 0.2) is 24.3 Å². The first kappa shape index (κ1) is 16.3. The van der Waals surface area contributed by atoms with Gasteiger partial charge in [0.25, 0.3) is 0 Å². The maximum absolute atomic E-state index is 12.1. The van der Waals surface area contributed by atoms with Crippen molar-refractivity contribution in [3.05, 3.63) is 29.3 Å². The summed E-state index contributed by atoms with van der Waals surface area (Å²) in [6.45, 7) is 1.93. The van der Waals surface area contributed by atoms with E-state index < -0.39 is 11.4 Å². The highest BCUT2D eigenvalue weighted by atomic mass is 35.5. The molecule has 1 aromatic rings. The molecular formula is C17H21ClN2O3. The number of carboxylic acids is 1. The number of anilines is 1. The number of hydrogen-bond acceptors (Lipinski definition) is 3. The number of aliphatic carboxylic acids is 1. The van der Waals surface area contributed by atoms with Gasteiger partial charge in [-0.05, 0) is 30.9 Å². The number of carbonyl (C=O) groups is 2. The number of benzene rings is 1. The molecule has 0 aromatic heterocycles. The second-order valence-electron chi connectivity index (χ2n) is 6.56. The fraction of sp³-hybridized carbons (Fsp3) is 0.529. The summed E-state index contributed by atoms with van der Waals surface area (Å²) in [5.74, 6) is -0.547. The van der Waals surface area contributed by atoms with E-state index in [1.165, 1.54) is 0 Å². The summed E-state index contributed by atoms with van der Waals surface area (Å²) < 4.78 is 0. The summed E-state index contributed by atoms with van der Waals surface area (Å²) in [6, 6.07) is 7.13. The highest BCUT2D eigenvalue weighted by Crippen LogP contribution is 2.48. The Bertz CT molecular complexity index is 622. The SMILES string of the molecule is O=C(CCN1C[C@@H]2CCC[C@@]2(C(=O)O)C1)Nc1ccccc1Cl. The summed E-state index contributed by atoms with van der Waals surface area (Å²) in [4.78, 5) is 25.8. The van der Waals surface area contributed by atoms with Crippen LogP contribution in [0.2, 0.25) is 5.02 Å². The minimum atomic E-state index is -0.678. The monoisotopic (exact) mass is 336 g/mol. The van der Waals surface area contributed by atoms with Gasteiger partial charge in [-0.15, -0.1) is 0 Å². The molecule has 1 aliphatic carbocycles. The Morgan fingerprint density at radius 3 is 2.87 bits per heavy atom. The molecule has 6 heteroatoms. The zero-order chi connectivity index (χ0) is 16.4. The van der Waals surface area contributed by atoms with Crippen LogP contribution in [0.25, 0.3) is 0 Å². The van der Waals surface area contributed by atoms with Crippen molar-refractivity contribution in [3.8, 4) is 0 Å². The molecule has 124 valence electrons. The summed E-state index contributed by atoms with van der Waals surface area (Å²) in [6.07, 6.45) is 3.08. The number of amides is 1. The molecule has 3 rings (SSSR count). The molecule has 1 saturated heterocycles. The van der Waals surface area contributed by atoms with Crippen molar-refractivity contribution in [1.29, 1.82) is 0 Å². The molecule has 2 N–H and O–H groups in total. The Kier molecular flexibility index (Phi) is 4.60. The fourth-order valence-corrected chi connectivity index (χ4v) is 4.13. The number of rotatable bonds is 5. The number of fused-ring (bicyclic) bond motifs is 1. The van der Waals surface area contributed by atoms with Crippen molar-refractivity contribution in [1.82, 2.24) is 4.90 Å². The third-order valence-corrected chi connectivity index (χ3v) is 5.50. The van der Waals surface area contributed by atoms with E-state index in [4.69, 9.17) is 11.6 Å². The van der Waals surface area contributed by atoms with Crippen LogP contribution in [0.3, 0.4) is 0 Å². The first-order valence-corrected chi connectivity index (χ1v) is 8.39. The predicted molar refractivity (Wildman–Crippen MR) is 88.5 cm³/mol. The molecule has 5 nitrogen and oxygen atoms in total. The van der Waals surface area contributed by atoms with E-state index in [1.54, 1.807) is 12.1 Å². The Morgan fingerprint density at radius 1 is 1.39 bits per heavy atom. The molecule has 0 bridgehead atoms. The maximum Gasteiger partial charge on any atom is 0.311 e. The number of halogens is 1. The number of nitrogens with one attached hydrogen (secondary N) is 1. The van der Waals surface area contributed by atoms with Crippen LogP contribution in [-0.4, -0.2) is 41.5 Å². The Labute approximate surface area is 140 Å². The van der Waals surface area contributed by atoms with Crippen LogP contribution in [0, 0.1) is 11.3 Å². The van der Waals surface area contributed by atoms with E-state index >= 15 is 0 Å². The van der Waals surface area contributed by atoms with Crippen molar-refractivity contribution >= 4 is 29.2 Å². The summed E-state index contributed by atoms with van der Waals surface area (Å²) >= 11 is 6.02. The third kappa shape index (κ3) is 3.21. The number of likely N-dealkylation sites (tertiary alicyclic amines) is 1. The summed E-state index contributed by atoms with van der Waals surface area (Å²) in [5, 5.41) is 12.9. The second kappa shape index (κ2) is 6.49. The van der Waals surface area contributed by atoms with Crippen LogP contribution >= 0.6 is 11.6 Å². The van der Waals surface area contributed by atoms with E-state index in [9.17, 15) is 14.7 Å². The second-order valence-corrected chi connectivity index (χ2v) is 6.97. The standard InChI is InChI=1S/C17H21ClN2O3/c18-13-5-1-2-6-14(13)19-15(21)7-9-20-10-12-4-3-8-17(12,11-20)16(22)23/h1-2,5-6,12H,3-4,7-11H2,(H,19,21)(H,22,23)/t12-,17+/m0/s1. The highest BCUT2D eigenvalue weighted by molar-refractivity contribution is 6.33. The van der Waals surface area contributed by atoms with E-state index in [2.05, 4.69) is 10.2 Å². The van der Waals surface area contributed by atoms with Gasteiger partial charge in [0.1, 0.15) is 0 Å². The highest BCUT2D eigenvalue weighted by Gasteiger charge is 2.54. The van der Waals surface area contributed by atoms with Crippen LogP contribution in [-0.2, 0) is 9.59 Å². The number of para-hydroxylation sites is 1. The Hall–Kier alpha value is -1.59. The first-order valence-electron chi connectivity index (χ1n) is 8.01. The van der Waals surface area contributed by atoms with Crippen molar-refractivity contribution in [3.63, 3.8) is 0 Å². The van der Waals surface area contributed by atoms with Gasteiger partial charge in [-0.3, -0.25) is 9.59 Å². The maximum atomic E-state index is 12.1. The lowest BCUT2D eigenvalue weighted by Crippen LogP contribution is -2.36. The molecule has 0 radical (unpaired) electrons. The lowest BCUT2D eigenvalue weighted by atomic mass is 9.81. The molecule has 1 amide bonds. The molecule has 2 atom stereocenters. The van der Waals surface area contributed by atoms with Gasteiger partial charge in [-0.2, -0.15) is 0 Å². The zero-order valence-corrected chi connectivity index (χ0v) is 13.7. The molecule has 23 heavy (non-hydrogen) atoms. The smallest absolute Gasteiger partial charge is 0.311 e. The van der Waals surface area contributed by atoms with Crippen LogP contribution < -0.4 is 5.32 Å². The lowest BCUT2D eigenvalue weighted by Gasteiger charge is -2.23. The molecule has 1 aliphatic heterocycles. The lowest BCUT2D eigenvalue weighted by molar-refractivity contribution is -0.149. The largest absolute Gasteiger partial charge is 0.481 e. The van der Waals surface area contributed by atoms with Crippen LogP contribution in [0.5, 0.6) is 0 Å². The molecule has 2 aliphatic rings. The van der Waals surface area contributed by atoms with Crippen molar-refractivity contribution < 1.29 is 14.7 Å². The van der Waals surface area contributed by atoms with Gasteiger partial charge in [0, 0.05) is 26.1 Å². The van der Waals surface area contributed by atoms with Gasteiger partial charge in [-0.25, -0.2) is 0 Å². The fourth-order valence-electron chi connectivity index (χ4n) is 3.95. The van der Waals surface area contributed by atoms with Gasteiger partial charge < -0.3 is 15.3 Å². The van der Waals surface area contributed by atoms with Gasteiger partial charge >= 0.3 is 5.97 Å². The van der Waals surface area contributed by atoms with E-state index in [0.717, 1.165) is 25.8 Å². The van der Waals surface area contributed by atoms with Gasteiger partial charge in [0.05, 0.1) is 16.1 Å². The van der Waals surface area contributed by atoms with Gasteiger partial charge in [0.15, 0.2) is 0 Å². The van der Waals surface area contributed by atoms with E-state index in [1.807, 2.05) is 12.1 Å². The first-order chi connectivity index (χ1) is 11.0. The topological polar surface area (TPSA) is 69.6 Å². The average Bonchev–Trinajstić information content (AvgIpc) is 3.05. The number of nitrogens with zero attached hydrogens (tertiary/aromatic N) is 1. The Morgan fingerprint density at radius 2 is 2.17 bits per heavy atom. The normalized spacial score (nSPS) is 26.9. The quantitative estimate of drug-likeness (QED) is 0.867. The summed E-state index contributed by atoms with van der Waals surface area (Å²) in [7, 11) is 0. The number of hydrogen-bond donors (Lipinski definition) is 2. The Balaban J connectivity index is 1.53. The predicted octanol–water partition coefficient (Wildman–Crippen LogP) is 2.86.